The molecular weight excluding hydrogens is 232 g/mol. The van der Waals surface area contributed by atoms with E-state index < -0.39 is 26.8 Å². The lowest BCUT2D eigenvalue weighted by Gasteiger charge is -2.44. The van der Waals surface area contributed by atoms with Crippen molar-refractivity contribution in [3.05, 3.63) is 20.2 Å². The number of nitro groups is 2. The van der Waals surface area contributed by atoms with Gasteiger partial charge >= 0.3 is 5.54 Å². The van der Waals surface area contributed by atoms with Crippen LogP contribution >= 0.6 is 0 Å². The van der Waals surface area contributed by atoms with Crippen LogP contribution in [0.25, 0.3) is 0 Å². The summed E-state index contributed by atoms with van der Waals surface area (Å²) in [7, 11) is 1.55. The summed E-state index contributed by atoms with van der Waals surface area (Å²) in [5.41, 5.74) is -3.34. The molecule has 0 saturated carbocycles. The molecule has 2 fully saturated rings. The summed E-state index contributed by atoms with van der Waals surface area (Å²) in [5, 5.41) is 24.5. The minimum absolute atomic E-state index is 0.0958. The number of nitrogens with zero attached hydrogens (tertiary/aromatic N) is 3. The van der Waals surface area contributed by atoms with Crippen molar-refractivity contribution < 1.29 is 14.6 Å². The number of carbonyl (C=O) groups excluding carboxylic acids is 1. The van der Waals surface area contributed by atoms with Crippen LogP contribution in [0.4, 0.5) is 0 Å². The smallest absolute Gasteiger partial charge is 0.317 e. The molecule has 2 bridgehead atoms. The van der Waals surface area contributed by atoms with Gasteiger partial charge < -0.3 is 5.32 Å². The van der Waals surface area contributed by atoms with Crippen LogP contribution < -0.4 is 5.32 Å². The Bertz CT molecular complexity index is 413. The molecule has 0 aromatic carbocycles. The molecule has 0 spiro atoms. The third kappa shape index (κ3) is 1.46. The Morgan fingerprint density at radius 2 is 1.94 bits per heavy atom. The number of rotatable bonds is 2. The molecule has 2 aliphatic rings. The molecule has 9 nitrogen and oxygen atoms in total. The highest BCUT2D eigenvalue weighted by Gasteiger charge is 2.68. The molecule has 2 atom stereocenters. The van der Waals surface area contributed by atoms with Crippen LogP contribution in [-0.4, -0.2) is 58.4 Å². The fourth-order valence-corrected chi connectivity index (χ4v) is 2.73. The highest BCUT2D eigenvalue weighted by atomic mass is 16.6. The first kappa shape index (κ1) is 11.7. The van der Waals surface area contributed by atoms with E-state index in [4.69, 9.17) is 0 Å². The number of hydrogen-bond acceptors (Lipinski definition) is 6. The van der Waals surface area contributed by atoms with Gasteiger partial charge in [-0.25, -0.2) is 0 Å². The van der Waals surface area contributed by atoms with Gasteiger partial charge in [-0.1, -0.05) is 0 Å². The van der Waals surface area contributed by atoms with Crippen molar-refractivity contribution >= 4 is 5.91 Å². The Labute approximate surface area is 96.1 Å². The van der Waals surface area contributed by atoms with E-state index in [9.17, 15) is 25.0 Å². The van der Waals surface area contributed by atoms with Gasteiger partial charge in [0.25, 0.3) is 11.4 Å². The second-order valence-corrected chi connectivity index (χ2v) is 4.80. The number of hydrogen-bond donors (Lipinski definition) is 1. The van der Waals surface area contributed by atoms with Crippen LogP contribution in [0.5, 0.6) is 0 Å². The van der Waals surface area contributed by atoms with Gasteiger partial charge in [-0.05, 0) is 7.05 Å². The average Bonchev–Trinajstić information content (AvgIpc) is 2.23. The quantitative estimate of drug-likeness (QED) is 0.465. The summed E-state index contributed by atoms with van der Waals surface area (Å²) in [6.07, 6.45) is -0.337. The number of fused-ring (bicyclic) bond motifs is 2. The van der Waals surface area contributed by atoms with E-state index in [0.29, 0.717) is 0 Å². The Morgan fingerprint density at radius 3 is 2.47 bits per heavy atom. The third-order valence-corrected chi connectivity index (χ3v) is 3.45. The molecule has 2 rings (SSSR count). The molecule has 0 aliphatic carbocycles. The van der Waals surface area contributed by atoms with Gasteiger partial charge in [0.1, 0.15) is 6.42 Å². The third-order valence-electron chi connectivity index (χ3n) is 3.45. The minimum atomic E-state index is -1.89. The van der Waals surface area contributed by atoms with Gasteiger partial charge in [-0.15, -0.1) is 0 Å². The summed E-state index contributed by atoms with van der Waals surface area (Å²) >= 11 is 0. The van der Waals surface area contributed by atoms with Crippen molar-refractivity contribution in [1.82, 2.24) is 10.2 Å². The lowest BCUT2D eigenvalue weighted by atomic mass is 9.74. The first-order chi connectivity index (χ1) is 7.82. The SMILES string of the molecule is CN1C[C@@]2([N+](=O)[O-])CNC(=O)[C@@]([N+](=O)[O-])(C1)C2. The Kier molecular flexibility index (Phi) is 2.31. The molecule has 2 heterocycles. The Balaban J connectivity index is 2.47. The molecule has 1 amide bonds. The second-order valence-electron chi connectivity index (χ2n) is 4.80. The fraction of sp³-hybridized carbons (Fsp3) is 0.875. The van der Waals surface area contributed by atoms with E-state index in [1.807, 2.05) is 0 Å². The van der Waals surface area contributed by atoms with E-state index in [-0.39, 0.29) is 26.1 Å². The normalized spacial score (nSPS) is 37.4. The zero-order chi connectivity index (χ0) is 12.8. The van der Waals surface area contributed by atoms with Crippen molar-refractivity contribution in [3.8, 4) is 0 Å². The number of likely N-dealkylation sites (N-methyl/N-ethyl adjacent to an activating group) is 1. The minimum Gasteiger partial charge on any atom is -0.343 e. The molecule has 9 heteroatoms. The van der Waals surface area contributed by atoms with Gasteiger partial charge in [0, 0.05) is 9.85 Å². The van der Waals surface area contributed by atoms with E-state index in [0.717, 1.165) is 0 Å². The van der Waals surface area contributed by atoms with Crippen LogP contribution in [0.3, 0.4) is 0 Å². The Hall–Kier alpha value is -1.77. The van der Waals surface area contributed by atoms with E-state index in [2.05, 4.69) is 5.32 Å². The second kappa shape index (κ2) is 3.36. The maximum absolute atomic E-state index is 11.7. The highest BCUT2D eigenvalue weighted by molar-refractivity contribution is 5.86. The zero-order valence-electron chi connectivity index (χ0n) is 9.21. The van der Waals surface area contributed by atoms with Crippen LogP contribution in [0, 0.1) is 20.2 Å². The number of amides is 1. The van der Waals surface area contributed by atoms with Gasteiger partial charge in [-0.3, -0.25) is 29.9 Å². The summed E-state index contributed by atoms with van der Waals surface area (Å²) in [4.78, 5) is 34.2. The molecule has 0 radical (unpaired) electrons. The van der Waals surface area contributed by atoms with Crippen molar-refractivity contribution in [2.45, 2.75) is 17.5 Å². The molecule has 1 N–H and O–H groups in total. The molecule has 17 heavy (non-hydrogen) atoms. The maximum Gasteiger partial charge on any atom is 0.317 e. The van der Waals surface area contributed by atoms with Gasteiger partial charge in [0.15, 0.2) is 0 Å². The lowest BCUT2D eigenvalue weighted by Crippen LogP contribution is -2.76. The van der Waals surface area contributed by atoms with Crippen LogP contribution in [0.2, 0.25) is 0 Å². The monoisotopic (exact) mass is 244 g/mol. The summed E-state index contributed by atoms with van der Waals surface area (Å²) in [6, 6.07) is 0. The average molecular weight is 244 g/mol. The van der Waals surface area contributed by atoms with Crippen molar-refractivity contribution in [2.75, 3.05) is 26.7 Å². The zero-order valence-corrected chi connectivity index (χ0v) is 9.21. The van der Waals surface area contributed by atoms with E-state index >= 15 is 0 Å². The molecule has 0 unspecified atom stereocenters. The molecule has 2 saturated heterocycles. The number of piperidine rings is 2. The largest absolute Gasteiger partial charge is 0.343 e. The molecule has 0 aromatic heterocycles. The topological polar surface area (TPSA) is 119 Å². The van der Waals surface area contributed by atoms with Crippen LogP contribution in [0.15, 0.2) is 0 Å². The summed E-state index contributed by atoms with van der Waals surface area (Å²) in [6.45, 7) is -0.143. The number of likely N-dealkylation sites (tertiary alicyclic amines) is 1. The van der Waals surface area contributed by atoms with Gasteiger partial charge in [0.05, 0.1) is 19.6 Å². The standard InChI is InChI=1S/C8H12N4O5/c1-10-4-7(11(14)15)2-8(5-10,12(16)17)6(13)9-3-7/h2-5H2,1H3,(H,9,13)/t7-,8-/m0/s1. The molecule has 2 aliphatic heterocycles. The van der Waals surface area contributed by atoms with E-state index in [1.54, 1.807) is 7.05 Å². The number of nitrogens with one attached hydrogen (secondary N) is 1. The van der Waals surface area contributed by atoms with Crippen LogP contribution in [0.1, 0.15) is 6.42 Å². The maximum atomic E-state index is 11.7. The predicted molar refractivity (Wildman–Crippen MR) is 54.6 cm³/mol. The van der Waals surface area contributed by atoms with E-state index in [1.165, 1.54) is 4.90 Å². The molecule has 0 aromatic rings. The number of carbonyl (C=O) groups is 1. The first-order valence-electron chi connectivity index (χ1n) is 5.08. The van der Waals surface area contributed by atoms with Crippen molar-refractivity contribution in [1.29, 1.82) is 0 Å². The van der Waals surface area contributed by atoms with Gasteiger partial charge in [0.2, 0.25) is 0 Å². The fourth-order valence-electron chi connectivity index (χ4n) is 2.73. The van der Waals surface area contributed by atoms with Crippen molar-refractivity contribution in [2.24, 2.45) is 0 Å². The van der Waals surface area contributed by atoms with Crippen LogP contribution in [-0.2, 0) is 4.79 Å². The molecular formula is C8H12N4O5. The summed E-state index contributed by atoms with van der Waals surface area (Å²) < 4.78 is 0. The first-order valence-corrected chi connectivity index (χ1v) is 5.08. The van der Waals surface area contributed by atoms with Crippen molar-refractivity contribution in [3.63, 3.8) is 0 Å². The van der Waals surface area contributed by atoms with Gasteiger partial charge in [-0.2, -0.15) is 0 Å². The Morgan fingerprint density at radius 1 is 1.29 bits per heavy atom. The molecule has 94 valence electrons. The predicted octanol–water partition coefficient (Wildman–Crippen LogP) is -1.52. The lowest BCUT2D eigenvalue weighted by molar-refractivity contribution is -0.618. The summed E-state index contributed by atoms with van der Waals surface area (Å²) in [5.74, 6) is -0.730. The highest BCUT2D eigenvalue weighted by Crippen LogP contribution is 2.35.